The third-order valence-corrected chi connectivity index (χ3v) is 3.32. The van der Waals surface area contributed by atoms with Crippen molar-refractivity contribution in [1.29, 1.82) is 0 Å². The number of hydrogen-bond donors (Lipinski definition) is 1. The number of carboxylic acids is 1. The SMILES string of the molecule is CC(C)Oc1oc(C(=O)O)c2ccc(-c3ccccc3)cc12. The van der Waals surface area contributed by atoms with E-state index in [4.69, 9.17) is 9.15 Å². The minimum atomic E-state index is -1.10. The number of carbonyl (C=O) groups is 1. The molecular formula is C18H16O4. The minimum absolute atomic E-state index is 0.0924. The fraction of sp³-hybridized carbons (Fsp3) is 0.167. The van der Waals surface area contributed by atoms with Gasteiger partial charge >= 0.3 is 5.97 Å². The fourth-order valence-electron chi connectivity index (χ4n) is 2.38. The molecular weight excluding hydrogens is 280 g/mol. The largest absolute Gasteiger partial charge is 0.475 e. The molecule has 2 aromatic carbocycles. The zero-order chi connectivity index (χ0) is 15.7. The van der Waals surface area contributed by atoms with Crippen LogP contribution in [0.4, 0.5) is 0 Å². The Balaban J connectivity index is 2.19. The first-order valence-electron chi connectivity index (χ1n) is 7.08. The third-order valence-electron chi connectivity index (χ3n) is 3.32. The summed E-state index contributed by atoms with van der Waals surface area (Å²) in [4.78, 5) is 11.3. The first-order valence-corrected chi connectivity index (χ1v) is 7.08. The highest BCUT2D eigenvalue weighted by Crippen LogP contribution is 2.36. The summed E-state index contributed by atoms with van der Waals surface area (Å²) in [6.45, 7) is 3.74. The Labute approximate surface area is 127 Å². The number of fused-ring (bicyclic) bond motifs is 1. The number of rotatable bonds is 4. The van der Waals surface area contributed by atoms with Gasteiger partial charge in [0.05, 0.1) is 11.5 Å². The quantitative estimate of drug-likeness (QED) is 0.765. The van der Waals surface area contributed by atoms with Gasteiger partial charge in [-0.2, -0.15) is 0 Å². The highest BCUT2D eigenvalue weighted by molar-refractivity contribution is 6.04. The van der Waals surface area contributed by atoms with Crippen LogP contribution in [0.15, 0.2) is 52.9 Å². The molecule has 0 aliphatic carbocycles. The maximum absolute atomic E-state index is 11.3. The Hall–Kier alpha value is -2.75. The normalized spacial score (nSPS) is 11.0. The molecule has 22 heavy (non-hydrogen) atoms. The second-order valence-corrected chi connectivity index (χ2v) is 5.32. The van der Waals surface area contributed by atoms with E-state index in [0.29, 0.717) is 10.8 Å². The van der Waals surface area contributed by atoms with E-state index in [1.165, 1.54) is 0 Å². The van der Waals surface area contributed by atoms with E-state index in [0.717, 1.165) is 11.1 Å². The Kier molecular flexibility index (Phi) is 3.59. The van der Waals surface area contributed by atoms with Gasteiger partial charge < -0.3 is 14.3 Å². The highest BCUT2D eigenvalue weighted by atomic mass is 16.6. The summed E-state index contributed by atoms with van der Waals surface area (Å²) < 4.78 is 11.0. The lowest BCUT2D eigenvalue weighted by molar-refractivity contribution is 0.0652. The van der Waals surface area contributed by atoms with E-state index in [1.54, 1.807) is 6.07 Å². The monoisotopic (exact) mass is 296 g/mol. The van der Waals surface area contributed by atoms with Gasteiger partial charge in [0, 0.05) is 5.39 Å². The molecule has 0 unspecified atom stereocenters. The summed E-state index contributed by atoms with van der Waals surface area (Å²) in [6.07, 6.45) is -0.101. The molecule has 3 aromatic rings. The van der Waals surface area contributed by atoms with Crippen LogP contribution in [0.2, 0.25) is 0 Å². The first kappa shape index (κ1) is 14.2. The van der Waals surface area contributed by atoms with Gasteiger partial charge in [-0.1, -0.05) is 36.4 Å². The molecule has 0 radical (unpaired) electrons. The average molecular weight is 296 g/mol. The molecule has 4 heteroatoms. The Morgan fingerprint density at radius 1 is 1.05 bits per heavy atom. The van der Waals surface area contributed by atoms with Gasteiger partial charge in [-0.15, -0.1) is 0 Å². The van der Waals surface area contributed by atoms with Crippen molar-refractivity contribution in [2.24, 2.45) is 0 Å². The zero-order valence-electron chi connectivity index (χ0n) is 12.4. The number of hydrogen-bond acceptors (Lipinski definition) is 3. The number of furan rings is 1. The van der Waals surface area contributed by atoms with Crippen LogP contribution < -0.4 is 4.74 Å². The van der Waals surface area contributed by atoms with E-state index in [9.17, 15) is 9.90 Å². The van der Waals surface area contributed by atoms with Crippen molar-refractivity contribution in [1.82, 2.24) is 0 Å². The molecule has 1 N–H and O–H groups in total. The van der Waals surface area contributed by atoms with Crippen molar-refractivity contribution in [2.75, 3.05) is 0 Å². The van der Waals surface area contributed by atoms with Gasteiger partial charge in [-0.25, -0.2) is 4.79 Å². The molecule has 0 fully saturated rings. The zero-order valence-corrected chi connectivity index (χ0v) is 12.4. The van der Waals surface area contributed by atoms with Gasteiger partial charge in [-0.3, -0.25) is 0 Å². The van der Waals surface area contributed by atoms with Crippen LogP contribution in [0.3, 0.4) is 0 Å². The Morgan fingerprint density at radius 2 is 1.77 bits per heavy atom. The van der Waals surface area contributed by atoms with E-state index in [-0.39, 0.29) is 17.8 Å². The molecule has 1 aromatic heterocycles. The minimum Gasteiger partial charge on any atom is -0.475 e. The van der Waals surface area contributed by atoms with Gasteiger partial charge in [0.2, 0.25) is 5.76 Å². The van der Waals surface area contributed by atoms with E-state index >= 15 is 0 Å². The lowest BCUT2D eigenvalue weighted by atomic mass is 10.0. The standard InChI is InChI=1S/C18H16O4/c1-11(2)21-18-15-10-13(12-6-4-3-5-7-12)8-9-14(15)16(22-18)17(19)20/h3-11H,1-2H3,(H,19,20). The van der Waals surface area contributed by atoms with Crippen LogP contribution in [0.25, 0.3) is 21.9 Å². The highest BCUT2D eigenvalue weighted by Gasteiger charge is 2.20. The van der Waals surface area contributed by atoms with Gasteiger partial charge in [0.15, 0.2) is 0 Å². The summed E-state index contributed by atoms with van der Waals surface area (Å²) in [7, 11) is 0. The lowest BCUT2D eigenvalue weighted by Crippen LogP contribution is -2.04. The molecule has 3 rings (SSSR count). The second kappa shape index (κ2) is 5.56. The van der Waals surface area contributed by atoms with Gasteiger partial charge in [0.25, 0.3) is 5.95 Å². The first-order chi connectivity index (χ1) is 10.6. The summed E-state index contributed by atoms with van der Waals surface area (Å²) in [5, 5.41) is 10.5. The van der Waals surface area contributed by atoms with Crippen LogP contribution in [-0.2, 0) is 0 Å². The van der Waals surface area contributed by atoms with Crippen LogP contribution in [0, 0.1) is 0 Å². The Morgan fingerprint density at radius 3 is 2.41 bits per heavy atom. The van der Waals surface area contributed by atoms with Gasteiger partial charge in [0.1, 0.15) is 0 Å². The Bertz CT molecular complexity index is 816. The van der Waals surface area contributed by atoms with Gasteiger partial charge in [-0.05, 0) is 37.1 Å². The van der Waals surface area contributed by atoms with Crippen molar-refractivity contribution in [3.05, 3.63) is 54.3 Å². The molecule has 0 aliphatic heterocycles. The molecule has 112 valence electrons. The maximum Gasteiger partial charge on any atom is 0.372 e. The molecule has 0 saturated carbocycles. The number of ether oxygens (including phenoxy) is 1. The van der Waals surface area contributed by atoms with Crippen LogP contribution in [-0.4, -0.2) is 17.2 Å². The van der Waals surface area contributed by atoms with Crippen molar-refractivity contribution in [2.45, 2.75) is 20.0 Å². The molecule has 0 spiro atoms. The fourth-order valence-corrected chi connectivity index (χ4v) is 2.38. The molecule has 0 aliphatic rings. The predicted octanol–water partition coefficient (Wildman–Crippen LogP) is 4.59. The van der Waals surface area contributed by atoms with E-state index in [1.807, 2.05) is 56.3 Å². The molecule has 0 saturated heterocycles. The van der Waals surface area contributed by atoms with Crippen molar-refractivity contribution in [3.8, 4) is 17.1 Å². The average Bonchev–Trinajstić information content (AvgIpc) is 2.86. The molecule has 4 nitrogen and oxygen atoms in total. The summed E-state index contributed by atoms with van der Waals surface area (Å²) in [5.74, 6) is -0.943. The smallest absolute Gasteiger partial charge is 0.372 e. The van der Waals surface area contributed by atoms with Crippen molar-refractivity contribution in [3.63, 3.8) is 0 Å². The topological polar surface area (TPSA) is 59.7 Å². The molecule has 1 heterocycles. The number of benzene rings is 2. The molecule has 0 amide bonds. The van der Waals surface area contributed by atoms with Crippen LogP contribution >= 0.6 is 0 Å². The third kappa shape index (κ3) is 2.55. The van der Waals surface area contributed by atoms with Crippen LogP contribution in [0.5, 0.6) is 5.95 Å². The predicted molar refractivity (Wildman–Crippen MR) is 84.4 cm³/mol. The molecule has 0 bridgehead atoms. The molecule has 0 atom stereocenters. The van der Waals surface area contributed by atoms with Crippen molar-refractivity contribution >= 4 is 16.7 Å². The van der Waals surface area contributed by atoms with E-state index < -0.39 is 5.97 Å². The van der Waals surface area contributed by atoms with Crippen molar-refractivity contribution < 1.29 is 19.1 Å². The summed E-state index contributed by atoms with van der Waals surface area (Å²) in [6, 6.07) is 15.4. The second-order valence-electron chi connectivity index (χ2n) is 5.32. The summed E-state index contributed by atoms with van der Waals surface area (Å²) in [5.41, 5.74) is 2.04. The summed E-state index contributed by atoms with van der Waals surface area (Å²) >= 11 is 0. The number of aromatic carboxylic acids is 1. The van der Waals surface area contributed by atoms with E-state index in [2.05, 4.69) is 0 Å². The maximum atomic E-state index is 11.3. The lowest BCUT2D eigenvalue weighted by Gasteiger charge is -2.07. The number of carboxylic acid groups (broad SMARTS) is 1. The van der Waals surface area contributed by atoms with Crippen LogP contribution in [0.1, 0.15) is 24.4 Å².